The van der Waals surface area contributed by atoms with Crippen LogP contribution in [0, 0.1) is 0 Å². The summed E-state index contributed by atoms with van der Waals surface area (Å²) in [7, 11) is 3.88. The maximum Gasteiger partial charge on any atom is 0.0589 e. The maximum atomic E-state index is 5.02. The molecule has 0 aliphatic carbocycles. The van der Waals surface area contributed by atoms with Gasteiger partial charge in [0.25, 0.3) is 0 Å². The van der Waals surface area contributed by atoms with Gasteiger partial charge in [0, 0.05) is 26.7 Å². The van der Waals surface area contributed by atoms with E-state index in [4.69, 9.17) is 4.74 Å². The van der Waals surface area contributed by atoms with Crippen molar-refractivity contribution in [3.05, 3.63) is 12.7 Å². The van der Waals surface area contributed by atoms with E-state index >= 15 is 0 Å². The fourth-order valence-corrected chi connectivity index (χ4v) is 1.47. The maximum absolute atomic E-state index is 5.02. The van der Waals surface area contributed by atoms with Crippen molar-refractivity contribution < 1.29 is 4.74 Å². The van der Waals surface area contributed by atoms with Crippen molar-refractivity contribution in [2.24, 2.45) is 0 Å². The zero-order valence-electron chi connectivity index (χ0n) is 11.0. The molecule has 0 spiro atoms. The molecule has 0 aliphatic rings. The van der Waals surface area contributed by atoms with E-state index in [0.29, 0.717) is 0 Å². The molecule has 0 aromatic rings. The van der Waals surface area contributed by atoms with Gasteiger partial charge in [-0.2, -0.15) is 0 Å². The predicted molar refractivity (Wildman–Crippen MR) is 70.9 cm³/mol. The molecule has 0 unspecified atom stereocenters. The normalized spacial score (nSPS) is 10.9. The lowest BCUT2D eigenvalue weighted by Gasteiger charge is -2.16. The molecule has 16 heavy (non-hydrogen) atoms. The highest BCUT2D eigenvalue weighted by Crippen LogP contribution is 1.98. The minimum atomic E-state index is 0.818. The molecule has 0 bridgehead atoms. The van der Waals surface area contributed by atoms with Gasteiger partial charge in [-0.25, -0.2) is 0 Å². The first kappa shape index (κ1) is 15.6. The number of nitrogens with one attached hydrogen (secondary N) is 1. The fraction of sp³-hybridized carbons (Fsp3) is 0.846. The minimum absolute atomic E-state index is 0.818. The molecule has 0 amide bonds. The molecule has 0 aliphatic heterocycles. The average Bonchev–Trinajstić information content (AvgIpc) is 2.30. The summed E-state index contributed by atoms with van der Waals surface area (Å²) in [5.41, 5.74) is 0. The molecule has 96 valence electrons. The zero-order valence-corrected chi connectivity index (χ0v) is 11.0. The van der Waals surface area contributed by atoms with Gasteiger partial charge in [-0.05, 0) is 32.9 Å². The molecule has 0 rings (SSSR count). The molecular formula is C13H28N2O. The number of allylic oxidation sites excluding steroid dienone is 1. The second kappa shape index (κ2) is 12.7. The van der Waals surface area contributed by atoms with Crippen LogP contribution in [0.2, 0.25) is 0 Å². The summed E-state index contributed by atoms with van der Waals surface area (Å²) in [6.07, 6.45) is 7.00. The second-order valence-corrected chi connectivity index (χ2v) is 4.18. The molecule has 3 heteroatoms. The van der Waals surface area contributed by atoms with E-state index in [9.17, 15) is 0 Å². The SMILES string of the molecule is C=CCCCCCNCCN(C)CCOC. The van der Waals surface area contributed by atoms with E-state index in [1.165, 1.54) is 19.3 Å². The van der Waals surface area contributed by atoms with Crippen LogP contribution in [0.1, 0.15) is 25.7 Å². The summed E-state index contributed by atoms with van der Waals surface area (Å²) < 4.78 is 5.02. The Hall–Kier alpha value is -0.380. The predicted octanol–water partition coefficient (Wildman–Crippen LogP) is 1.90. The van der Waals surface area contributed by atoms with Crippen LogP contribution in [0.25, 0.3) is 0 Å². The molecule has 0 aromatic carbocycles. The Kier molecular flexibility index (Phi) is 12.4. The lowest BCUT2D eigenvalue weighted by Crippen LogP contribution is -2.31. The van der Waals surface area contributed by atoms with E-state index in [2.05, 4.69) is 23.8 Å². The number of unbranched alkanes of at least 4 members (excludes halogenated alkanes) is 3. The third kappa shape index (κ3) is 11.7. The third-order valence-electron chi connectivity index (χ3n) is 2.61. The summed E-state index contributed by atoms with van der Waals surface area (Å²) >= 11 is 0. The van der Waals surface area contributed by atoms with Crippen LogP contribution in [0.5, 0.6) is 0 Å². The lowest BCUT2D eigenvalue weighted by molar-refractivity contribution is 0.161. The topological polar surface area (TPSA) is 24.5 Å². The van der Waals surface area contributed by atoms with Gasteiger partial charge in [-0.15, -0.1) is 6.58 Å². The molecule has 0 aromatic heterocycles. The highest BCUT2D eigenvalue weighted by Gasteiger charge is 1.96. The van der Waals surface area contributed by atoms with Crippen molar-refractivity contribution in [1.82, 2.24) is 10.2 Å². The molecule has 1 N–H and O–H groups in total. The largest absolute Gasteiger partial charge is 0.383 e. The van der Waals surface area contributed by atoms with E-state index < -0.39 is 0 Å². The summed E-state index contributed by atoms with van der Waals surface area (Å²) in [5.74, 6) is 0. The Morgan fingerprint density at radius 1 is 1.19 bits per heavy atom. The summed E-state index contributed by atoms with van der Waals surface area (Å²) in [4.78, 5) is 2.29. The highest BCUT2D eigenvalue weighted by molar-refractivity contribution is 4.65. The Bertz CT molecular complexity index is 151. The number of ether oxygens (including phenoxy) is 1. The summed E-state index contributed by atoms with van der Waals surface area (Å²) in [6.45, 7) is 8.85. The lowest BCUT2D eigenvalue weighted by atomic mass is 10.2. The Balaban J connectivity index is 3.05. The standard InChI is InChI=1S/C13H28N2O/c1-4-5-6-7-8-9-14-10-11-15(2)12-13-16-3/h4,14H,1,5-13H2,2-3H3. The van der Waals surface area contributed by atoms with Gasteiger partial charge in [-0.1, -0.05) is 12.5 Å². The van der Waals surface area contributed by atoms with Crippen molar-refractivity contribution in [3.63, 3.8) is 0 Å². The van der Waals surface area contributed by atoms with Crippen LogP contribution >= 0.6 is 0 Å². The monoisotopic (exact) mass is 228 g/mol. The first-order valence-corrected chi connectivity index (χ1v) is 6.30. The molecule has 0 saturated carbocycles. The van der Waals surface area contributed by atoms with E-state index in [-0.39, 0.29) is 0 Å². The first-order chi connectivity index (χ1) is 7.81. The number of likely N-dealkylation sites (N-methyl/N-ethyl adjacent to an activating group) is 1. The van der Waals surface area contributed by atoms with Crippen molar-refractivity contribution in [2.45, 2.75) is 25.7 Å². The number of rotatable bonds is 12. The van der Waals surface area contributed by atoms with E-state index in [1.54, 1.807) is 7.11 Å². The third-order valence-corrected chi connectivity index (χ3v) is 2.61. The molecule has 0 saturated heterocycles. The van der Waals surface area contributed by atoms with Crippen molar-refractivity contribution >= 4 is 0 Å². The number of nitrogens with zero attached hydrogens (tertiary/aromatic N) is 1. The van der Waals surface area contributed by atoms with Gasteiger partial charge in [0.1, 0.15) is 0 Å². The quantitative estimate of drug-likeness (QED) is 0.408. The van der Waals surface area contributed by atoms with Crippen molar-refractivity contribution in [2.75, 3.05) is 46.9 Å². The van der Waals surface area contributed by atoms with Gasteiger partial charge < -0.3 is 15.0 Å². The summed E-state index contributed by atoms with van der Waals surface area (Å²) in [6, 6.07) is 0. The Morgan fingerprint density at radius 2 is 2.00 bits per heavy atom. The molecule has 0 heterocycles. The number of hydrogen-bond acceptors (Lipinski definition) is 3. The van der Waals surface area contributed by atoms with Crippen LogP contribution in [-0.2, 0) is 4.74 Å². The molecular weight excluding hydrogens is 200 g/mol. The van der Waals surface area contributed by atoms with Gasteiger partial charge in [0.05, 0.1) is 6.61 Å². The molecule has 0 fully saturated rings. The second-order valence-electron chi connectivity index (χ2n) is 4.18. The first-order valence-electron chi connectivity index (χ1n) is 6.30. The van der Waals surface area contributed by atoms with Gasteiger partial charge in [-0.3, -0.25) is 0 Å². The smallest absolute Gasteiger partial charge is 0.0589 e. The van der Waals surface area contributed by atoms with Crippen molar-refractivity contribution in [3.8, 4) is 0 Å². The van der Waals surface area contributed by atoms with Crippen LogP contribution in [-0.4, -0.2) is 51.8 Å². The van der Waals surface area contributed by atoms with E-state index in [0.717, 1.165) is 39.2 Å². The Morgan fingerprint density at radius 3 is 2.69 bits per heavy atom. The number of methoxy groups -OCH3 is 1. The van der Waals surface area contributed by atoms with E-state index in [1.807, 2.05) is 6.08 Å². The van der Waals surface area contributed by atoms with Crippen LogP contribution < -0.4 is 5.32 Å². The summed E-state index contributed by atoms with van der Waals surface area (Å²) in [5, 5.41) is 3.46. The minimum Gasteiger partial charge on any atom is -0.383 e. The van der Waals surface area contributed by atoms with Crippen molar-refractivity contribution in [1.29, 1.82) is 0 Å². The Labute approximate surface area is 101 Å². The van der Waals surface area contributed by atoms with Gasteiger partial charge >= 0.3 is 0 Å². The fourth-order valence-electron chi connectivity index (χ4n) is 1.47. The van der Waals surface area contributed by atoms with Crippen LogP contribution in [0.3, 0.4) is 0 Å². The number of hydrogen-bond donors (Lipinski definition) is 1. The molecule has 0 atom stereocenters. The molecule has 3 nitrogen and oxygen atoms in total. The van der Waals surface area contributed by atoms with Gasteiger partial charge in [0.2, 0.25) is 0 Å². The van der Waals surface area contributed by atoms with Crippen LogP contribution in [0.4, 0.5) is 0 Å². The van der Waals surface area contributed by atoms with Crippen LogP contribution in [0.15, 0.2) is 12.7 Å². The van der Waals surface area contributed by atoms with Gasteiger partial charge in [0.15, 0.2) is 0 Å². The average molecular weight is 228 g/mol. The molecule has 0 radical (unpaired) electrons. The zero-order chi connectivity index (χ0) is 12.1. The highest BCUT2D eigenvalue weighted by atomic mass is 16.5.